The van der Waals surface area contributed by atoms with Crippen molar-refractivity contribution < 1.29 is 22.7 Å². The number of aryl methyl sites for hydroxylation is 1. The number of hydrogen-bond donors (Lipinski definition) is 3. The standard InChI is InChI=1S/C16H22FN7O4S/c17-12-3-5-14(6-4-12)29(27,28)24(11-15(25)26)9-8-23-10-13(21-22-23)2-1-7-20-16(18)19/h3-6,10H,1-2,7-9,11H2,(H,25,26)(H4,18,19,20). The van der Waals surface area contributed by atoms with Crippen LogP contribution in [0.25, 0.3) is 0 Å². The fourth-order valence-electron chi connectivity index (χ4n) is 2.44. The Morgan fingerprint density at radius 1 is 1.28 bits per heavy atom. The third-order valence-corrected chi connectivity index (χ3v) is 5.67. The van der Waals surface area contributed by atoms with Gasteiger partial charge in [-0.25, -0.2) is 12.8 Å². The monoisotopic (exact) mass is 427 g/mol. The van der Waals surface area contributed by atoms with E-state index in [1.54, 1.807) is 6.20 Å². The van der Waals surface area contributed by atoms with E-state index in [1.165, 1.54) is 4.68 Å². The lowest BCUT2D eigenvalue weighted by Gasteiger charge is -2.20. The second-order valence-electron chi connectivity index (χ2n) is 6.07. The van der Waals surface area contributed by atoms with Crippen molar-refractivity contribution >= 4 is 22.0 Å². The number of benzene rings is 1. The van der Waals surface area contributed by atoms with E-state index in [1.807, 2.05) is 0 Å². The molecule has 1 aromatic heterocycles. The van der Waals surface area contributed by atoms with Gasteiger partial charge in [-0.2, -0.15) is 4.31 Å². The number of aliphatic carboxylic acids is 1. The first-order valence-corrected chi connectivity index (χ1v) is 10.0. The summed E-state index contributed by atoms with van der Waals surface area (Å²) in [6.45, 7) is -0.352. The summed E-state index contributed by atoms with van der Waals surface area (Å²) in [6.07, 6.45) is 2.86. The van der Waals surface area contributed by atoms with Crippen LogP contribution in [0.2, 0.25) is 0 Å². The number of nitrogens with zero attached hydrogens (tertiary/aromatic N) is 5. The molecular weight excluding hydrogens is 405 g/mol. The van der Waals surface area contributed by atoms with Crippen LogP contribution in [0.15, 0.2) is 40.4 Å². The number of carboxylic acid groups (broad SMARTS) is 1. The molecule has 0 amide bonds. The van der Waals surface area contributed by atoms with E-state index in [2.05, 4.69) is 15.3 Å². The summed E-state index contributed by atoms with van der Waals surface area (Å²) in [5.74, 6) is -1.90. The summed E-state index contributed by atoms with van der Waals surface area (Å²) in [7, 11) is -4.12. The highest BCUT2D eigenvalue weighted by molar-refractivity contribution is 7.89. The van der Waals surface area contributed by atoms with Crippen LogP contribution in [0.4, 0.5) is 4.39 Å². The first kappa shape index (κ1) is 22.2. The normalized spacial score (nSPS) is 11.5. The lowest BCUT2D eigenvalue weighted by atomic mass is 10.2. The van der Waals surface area contributed by atoms with Gasteiger partial charge in [0.15, 0.2) is 5.96 Å². The van der Waals surface area contributed by atoms with Crippen LogP contribution >= 0.6 is 0 Å². The van der Waals surface area contributed by atoms with E-state index in [-0.39, 0.29) is 23.9 Å². The van der Waals surface area contributed by atoms with E-state index < -0.39 is 28.4 Å². The number of guanidine groups is 1. The molecule has 13 heteroatoms. The van der Waals surface area contributed by atoms with Crippen LogP contribution in [0, 0.1) is 5.82 Å². The minimum Gasteiger partial charge on any atom is -0.480 e. The molecule has 0 saturated heterocycles. The highest BCUT2D eigenvalue weighted by atomic mass is 32.2. The maximum Gasteiger partial charge on any atom is 0.318 e. The molecule has 0 aliphatic rings. The number of carbonyl (C=O) groups is 1. The van der Waals surface area contributed by atoms with Gasteiger partial charge in [0.25, 0.3) is 0 Å². The number of aliphatic imine (C=N–C) groups is 1. The predicted octanol–water partition coefficient (Wildman–Crippen LogP) is -0.601. The summed E-state index contributed by atoms with van der Waals surface area (Å²) >= 11 is 0. The lowest BCUT2D eigenvalue weighted by Crippen LogP contribution is -2.38. The van der Waals surface area contributed by atoms with Crippen LogP contribution in [0.3, 0.4) is 0 Å². The van der Waals surface area contributed by atoms with Crippen molar-refractivity contribution in [3.05, 3.63) is 42.0 Å². The quantitative estimate of drug-likeness (QED) is 0.242. The van der Waals surface area contributed by atoms with Gasteiger partial charge in [-0.1, -0.05) is 5.21 Å². The van der Waals surface area contributed by atoms with Gasteiger partial charge in [0.1, 0.15) is 12.4 Å². The molecule has 1 heterocycles. The highest BCUT2D eigenvalue weighted by Crippen LogP contribution is 2.16. The van der Waals surface area contributed by atoms with Gasteiger partial charge in [0.05, 0.1) is 17.1 Å². The molecular formula is C16H22FN7O4S. The van der Waals surface area contributed by atoms with Gasteiger partial charge in [0.2, 0.25) is 10.0 Å². The van der Waals surface area contributed by atoms with Crippen molar-refractivity contribution in [2.24, 2.45) is 16.5 Å². The number of nitrogens with two attached hydrogens (primary N) is 2. The average Bonchev–Trinajstić information content (AvgIpc) is 3.10. The first-order valence-electron chi connectivity index (χ1n) is 8.60. The zero-order valence-electron chi connectivity index (χ0n) is 15.5. The van der Waals surface area contributed by atoms with Gasteiger partial charge in [-0.3, -0.25) is 14.5 Å². The van der Waals surface area contributed by atoms with Crippen molar-refractivity contribution in [1.82, 2.24) is 19.3 Å². The van der Waals surface area contributed by atoms with Gasteiger partial charge >= 0.3 is 5.97 Å². The molecule has 0 unspecified atom stereocenters. The fourth-order valence-corrected chi connectivity index (χ4v) is 3.82. The SMILES string of the molecule is NC(N)=NCCCc1cn(CCN(CC(=O)O)S(=O)(=O)c2ccc(F)cc2)nn1. The molecule has 11 nitrogen and oxygen atoms in total. The third-order valence-electron chi connectivity index (χ3n) is 3.81. The minimum absolute atomic E-state index is 0.00883. The van der Waals surface area contributed by atoms with Gasteiger partial charge in [-0.15, -0.1) is 5.10 Å². The predicted molar refractivity (Wildman–Crippen MR) is 102 cm³/mol. The molecule has 2 rings (SSSR count). The van der Waals surface area contributed by atoms with Crippen molar-refractivity contribution in [3.8, 4) is 0 Å². The van der Waals surface area contributed by atoms with E-state index in [0.717, 1.165) is 28.6 Å². The maximum atomic E-state index is 13.1. The Kier molecular flexibility index (Phi) is 7.61. The lowest BCUT2D eigenvalue weighted by molar-refractivity contribution is -0.137. The second-order valence-corrected chi connectivity index (χ2v) is 8.01. The van der Waals surface area contributed by atoms with E-state index in [4.69, 9.17) is 16.6 Å². The molecule has 29 heavy (non-hydrogen) atoms. The minimum atomic E-state index is -4.12. The summed E-state index contributed by atoms with van der Waals surface area (Å²) < 4.78 is 40.7. The molecule has 0 aliphatic heterocycles. The molecule has 5 N–H and O–H groups in total. The largest absolute Gasteiger partial charge is 0.480 e. The Bertz CT molecular complexity index is 956. The van der Waals surface area contributed by atoms with Crippen molar-refractivity contribution in [3.63, 3.8) is 0 Å². The summed E-state index contributed by atoms with van der Waals surface area (Å²) in [4.78, 5) is 14.8. The van der Waals surface area contributed by atoms with E-state index in [0.29, 0.717) is 25.1 Å². The third kappa shape index (κ3) is 6.80. The number of sulfonamides is 1. The molecule has 0 fully saturated rings. The number of carboxylic acids is 1. The topological polar surface area (TPSA) is 170 Å². The van der Waals surface area contributed by atoms with Crippen LogP contribution in [0.5, 0.6) is 0 Å². The van der Waals surface area contributed by atoms with Gasteiger partial charge in [0, 0.05) is 19.3 Å². The van der Waals surface area contributed by atoms with Crippen molar-refractivity contribution in [2.45, 2.75) is 24.3 Å². The van der Waals surface area contributed by atoms with Crippen molar-refractivity contribution in [1.29, 1.82) is 0 Å². The Morgan fingerprint density at radius 3 is 2.59 bits per heavy atom. The summed E-state index contributed by atoms with van der Waals surface area (Å²) in [5.41, 5.74) is 11.2. The molecule has 0 spiro atoms. The van der Waals surface area contributed by atoms with Crippen LogP contribution in [-0.2, 0) is 27.8 Å². The zero-order valence-corrected chi connectivity index (χ0v) is 16.3. The number of halogens is 1. The number of aromatic nitrogens is 3. The number of rotatable bonds is 11. The van der Waals surface area contributed by atoms with E-state index in [9.17, 15) is 17.6 Å². The van der Waals surface area contributed by atoms with Crippen LogP contribution in [0.1, 0.15) is 12.1 Å². The summed E-state index contributed by atoms with van der Waals surface area (Å²) in [5, 5.41) is 17.0. The smallest absolute Gasteiger partial charge is 0.318 e. The molecule has 0 radical (unpaired) electrons. The molecule has 1 aromatic carbocycles. The van der Waals surface area contributed by atoms with E-state index >= 15 is 0 Å². The molecule has 0 saturated carbocycles. The molecule has 2 aromatic rings. The molecule has 0 aliphatic carbocycles. The van der Waals surface area contributed by atoms with Crippen molar-refractivity contribution in [2.75, 3.05) is 19.6 Å². The molecule has 0 atom stereocenters. The zero-order chi connectivity index (χ0) is 21.4. The maximum absolute atomic E-state index is 13.1. The Labute approximate surface area is 166 Å². The Morgan fingerprint density at radius 2 is 1.97 bits per heavy atom. The van der Waals surface area contributed by atoms with Gasteiger partial charge in [-0.05, 0) is 37.1 Å². The average molecular weight is 427 g/mol. The van der Waals surface area contributed by atoms with Gasteiger partial charge < -0.3 is 16.6 Å². The van der Waals surface area contributed by atoms with Crippen LogP contribution < -0.4 is 11.5 Å². The van der Waals surface area contributed by atoms with Crippen LogP contribution in [-0.4, -0.2) is 64.4 Å². The highest BCUT2D eigenvalue weighted by Gasteiger charge is 2.26. The Balaban J connectivity index is 2.03. The number of hydrogen-bond acceptors (Lipinski definition) is 6. The summed E-state index contributed by atoms with van der Waals surface area (Å²) in [6, 6.07) is 4.17. The molecule has 158 valence electrons. The second kappa shape index (κ2) is 9.93. The molecule has 0 bridgehead atoms. The Hall–Kier alpha value is -3.06. The first-order chi connectivity index (χ1) is 13.7. The fraction of sp³-hybridized carbons (Fsp3) is 0.375.